The van der Waals surface area contributed by atoms with Gasteiger partial charge >= 0.3 is 0 Å². The number of aryl methyl sites for hydroxylation is 2. The summed E-state index contributed by atoms with van der Waals surface area (Å²) in [4.78, 5) is 12.3. The maximum atomic E-state index is 12.3. The van der Waals surface area contributed by atoms with E-state index in [2.05, 4.69) is 36.5 Å². The highest BCUT2D eigenvalue weighted by Gasteiger charge is 2.18. The Morgan fingerprint density at radius 3 is 2.65 bits per heavy atom. The minimum absolute atomic E-state index is 0.0726. The summed E-state index contributed by atoms with van der Waals surface area (Å²) >= 11 is 7.85. The van der Waals surface area contributed by atoms with Crippen LogP contribution in [0.3, 0.4) is 0 Å². The van der Waals surface area contributed by atoms with E-state index in [4.69, 9.17) is 16.3 Å². The van der Waals surface area contributed by atoms with Crippen LogP contribution in [0.5, 0.6) is 5.75 Å². The molecule has 140 valence electrons. The fourth-order valence-electron chi connectivity index (χ4n) is 2.49. The van der Waals surface area contributed by atoms with Crippen LogP contribution in [0.25, 0.3) is 0 Å². The summed E-state index contributed by atoms with van der Waals surface area (Å²) < 4.78 is 5.83. The lowest BCUT2D eigenvalue weighted by molar-refractivity contribution is -0.127. The average Bonchev–Trinajstić information content (AvgIpc) is 2.63. The summed E-state index contributed by atoms with van der Waals surface area (Å²) in [5.74, 6) is 2.43. The SMILES string of the molecule is CCC(Oc1ccc(Cl)c(C)c1)C(=O)NCCSCc1ccccc1C. The van der Waals surface area contributed by atoms with E-state index in [-0.39, 0.29) is 5.91 Å². The number of amides is 1. The van der Waals surface area contributed by atoms with Crippen LogP contribution in [0.15, 0.2) is 42.5 Å². The van der Waals surface area contributed by atoms with Gasteiger partial charge in [0.1, 0.15) is 5.75 Å². The van der Waals surface area contributed by atoms with E-state index in [1.807, 2.05) is 31.7 Å². The topological polar surface area (TPSA) is 38.3 Å². The first-order valence-corrected chi connectivity index (χ1v) is 10.4. The van der Waals surface area contributed by atoms with E-state index >= 15 is 0 Å². The second kappa shape index (κ2) is 10.5. The number of carbonyl (C=O) groups excluding carboxylic acids is 1. The van der Waals surface area contributed by atoms with Crippen LogP contribution in [0.1, 0.15) is 30.0 Å². The number of hydrogen-bond acceptors (Lipinski definition) is 3. The first kappa shape index (κ1) is 20.7. The predicted octanol–water partition coefficient (Wildman–Crippen LogP) is 5.16. The van der Waals surface area contributed by atoms with Gasteiger partial charge in [0, 0.05) is 23.1 Å². The zero-order valence-corrected chi connectivity index (χ0v) is 17.1. The highest BCUT2D eigenvalue weighted by molar-refractivity contribution is 7.98. The third-order valence-corrected chi connectivity index (χ3v) is 5.57. The molecule has 2 aromatic carbocycles. The molecule has 2 rings (SSSR count). The van der Waals surface area contributed by atoms with Gasteiger partial charge in [0.25, 0.3) is 5.91 Å². The predicted molar refractivity (Wildman–Crippen MR) is 111 cm³/mol. The van der Waals surface area contributed by atoms with E-state index in [9.17, 15) is 4.79 Å². The summed E-state index contributed by atoms with van der Waals surface area (Å²) in [6.45, 7) is 6.62. The van der Waals surface area contributed by atoms with E-state index in [0.717, 1.165) is 17.1 Å². The molecule has 26 heavy (non-hydrogen) atoms. The molecule has 0 aliphatic rings. The van der Waals surface area contributed by atoms with Crippen molar-refractivity contribution in [1.82, 2.24) is 5.32 Å². The monoisotopic (exact) mass is 391 g/mol. The molecule has 0 aliphatic heterocycles. The molecule has 2 aromatic rings. The number of thioether (sulfide) groups is 1. The van der Waals surface area contributed by atoms with Crippen LogP contribution in [0.2, 0.25) is 5.02 Å². The maximum absolute atomic E-state index is 12.3. The molecule has 0 bridgehead atoms. The van der Waals surface area contributed by atoms with E-state index in [0.29, 0.717) is 23.7 Å². The summed E-state index contributed by atoms with van der Waals surface area (Å²) in [7, 11) is 0. The Hall–Kier alpha value is -1.65. The van der Waals surface area contributed by atoms with E-state index in [1.54, 1.807) is 12.1 Å². The van der Waals surface area contributed by atoms with Crippen molar-refractivity contribution in [2.75, 3.05) is 12.3 Å². The molecule has 0 saturated heterocycles. The molecular weight excluding hydrogens is 366 g/mol. The Morgan fingerprint density at radius 1 is 1.19 bits per heavy atom. The van der Waals surface area contributed by atoms with Gasteiger partial charge in [-0.3, -0.25) is 4.79 Å². The van der Waals surface area contributed by atoms with Gasteiger partial charge in [-0.2, -0.15) is 11.8 Å². The van der Waals surface area contributed by atoms with Crippen LogP contribution >= 0.6 is 23.4 Å². The first-order valence-electron chi connectivity index (χ1n) is 8.84. The van der Waals surface area contributed by atoms with Crippen molar-refractivity contribution in [2.24, 2.45) is 0 Å². The molecule has 3 nitrogen and oxygen atoms in total. The number of nitrogens with one attached hydrogen (secondary N) is 1. The summed E-state index contributed by atoms with van der Waals surface area (Å²) in [6, 6.07) is 13.8. The van der Waals surface area contributed by atoms with Gasteiger partial charge in [-0.1, -0.05) is 42.8 Å². The van der Waals surface area contributed by atoms with Crippen molar-refractivity contribution < 1.29 is 9.53 Å². The Balaban J connectivity index is 1.74. The Morgan fingerprint density at radius 2 is 1.96 bits per heavy atom. The van der Waals surface area contributed by atoms with Gasteiger partial charge in [0.2, 0.25) is 0 Å². The highest BCUT2D eigenvalue weighted by atomic mass is 35.5. The normalized spacial score (nSPS) is 11.8. The molecule has 1 amide bonds. The Labute approximate surface area is 165 Å². The van der Waals surface area contributed by atoms with E-state index < -0.39 is 6.10 Å². The fourth-order valence-corrected chi connectivity index (χ4v) is 3.54. The Bertz CT molecular complexity index is 736. The number of carbonyl (C=O) groups is 1. The molecule has 0 aromatic heterocycles. The second-order valence-electron chi connectivity index (χ2n) is 6.20. The zero-order valence-electron chi connectivity index (χ0n) is 15.5. The largest absolute Gasteiger partial charge is 0.481 e. The van der Waals surface area contributed by atoms with Gasteiger partial charge in [0.05, 0.1) is 0 Å². The summed E-state index contributed by atoms with van der Waals surface area (Å²) in [5, 5.41) is 3.66. The van der Waals surface area contributed by atoms with Gasteiger partial charge in [-0.15, -0.1) is 0 Å². The lowest BCUT2D eigenvalue weighted by Crippen LogP contribution is -2.39. The lowest BCUT2D eigenvalue weighted by atomic mass is 10.1. The minimum atomic E-state index is -0.489. The molecule has 5 heteroatoms. The van der Waals surface area contributed by atoms with Crippen LogP contribution in [0, 0.1) is 13.8 Å². The van der Waals surface area contributed by atoms with Crippen molar-refractivity contribution in [1.29, 1.82) is 0 Å². The second-order valence-corrected chi connectivity index (χ2v) is 7.71. The van der Waals surface area contributed by atoms with Gasteiger partial charge in [-0.05, 0) is 55.2 Å². The molecule has 1 N–H and O–H groups in total. The van der Waals surface area contributed by atoms with Crippen LogP contribution in [0.4, 0.5) is 0 Å². The van der Waals surface area contributed by atoms with Crippen molar-refractivity contribution in [3.8, 4) is 5.75 Å². The van der Waals surface area contributed by atoms with Gasteiger partial charge in [-0.25, -0.2) is 0 Å². The minimum Gasteiger partial charge on any atom is -0.481 e. The standard InChI is InChI=1S/C21H26ClNO2S/c1-4-20(25-18-9-10-19(22)16(3)13-18)21(24)23-11-12-26-14-17-8-6-5-7-15(17)2/h5-10,13,20H,4,11-12,14H2,1-3H3,(H,23,24). The first-order chi connectivity index (χ1) is 12.5. The average molecular weight is 392 g/mol. The number of benzene rings is 2. The fraction of sp³-hybridized carbons (Fsp3) is 0.381. The summed E-state index contributed by atoms with van der Waals surface area (Å²) in [5.41, 5.74) is 3.59. The third kappa shape index (κ3) is 6.26. The number of ether oxygens (including phenoxy) is 1. The van der Waals surface area contributed by atoms with Crippen LogP contribution < -0.4 is 10.1 Å². The lowest BCUT2D eigenvalue weighted by Gasteiger charge is -2.18. The molecule has 0 fully saturated rings. The van der Waals surface area contributed by atoms with E-state index in [1.165, 1.54) is 11.1 Å². The third-order valence-electron chi connectivity index (χ3n) is 4.14. The zero-order chi connectivity index (χ0) is 18.9. The van der Waals surface area contributed by atoms with Crippen molar-refractivity contribution in [3.63, 3.8) is 0 Å². The summed E-state index contributed by atoms with van der Waals surface area (Å²) in [6.07, 6.45) is 0.126. The maximum Gasteiger partial charge on any atom is 0.261 e. The number of hydrogen-bond donors (Lipinski definition) is 1. The number of halogens is 1. The molecule has 0 spiro atoms. The van der Waals surface area contributed by atoms with Crippen molar-refractivity contribution >= 4 is 29.3 Å². The van der Waals surface area contributed by atoms with Crippen molar-refractivity contribution in [3.05, 3.63) is 64.2 Å². The quantitative estimate of drug-likeness (QED) is 0.599. The van der Waals surface area contributed by atoms with Gasteiger partial charge < -0.3 is 10.1 Å². The van der Waals surface area contributed by atoms with Gasteiger partial charge in [0.15, 0.2) is 6.10 Å². The van der Waals surface area contributed by atoms with Crippen LogP contribution in [-0.4, -0.2) is 24.3 Å². The molecule has 0 radical (unpaired) electrons. The molecular formula is C21H26ClNO2S. The van der Waals surface area contributed by atoms with Crippen LogP contribution in [-0.2, 0) is 10.5 Å². The molecule has 0 saturated carbocycles. The number of rotatable bonds is 9. The molecule has 0 aliphatic carbocycles. The highest BCUT2D eigenvalue weighted by Crippen LogP contribution is 2.22. The smallest absolute Gasteiger partial charge is 0.261 e. The molecule has 1 unspecified atom stereocenters. The molecule has 1 atom stereocenters. The van der Waals surface area contributed by atoms with Crippen molar-refractivity contribution in [2.45, 2.75) is 39.0 Å². The molecule has 0 heterocycles. The Kier molecular flexibility index (Phi) is 8.33.